The molecule has 2 fully saturated rings. The second-order valence-electron chi connectivity index (χ2n) is 9.83. The van der Waals surface area contributed by atoms with Crippen molar-refractivity contribution in [1.82, 2.24) is 10.6 Å². The molecular weight excluding hydrogens is 432 g/mol. The molecule has 2 aromatic rings. The molecule has 0 aliphatic heterocycles. The molecule has 0 bridgehead atoms. The summed E-state index contributed by atoms with van der Waals surface area (Å²) in [6, 6.07) is 16.0. The van der Waals surface area contributed by atoms with Gasteiger partial charge in [0.15, 0.2) is 0 Å². The zero-order valence-electron chi connectivity index (χ0n) is 19.1. The molecule has 3 aliphatic carbocycles. The Hall–Kier alpha value is -3.35. The Morgan fingerprint density at radius 1 is 1.00 bits per heavy atom. The van der Waals surface area contributed by atoms with E-state index in [4.69, 9.17) is 4.74 Å². The van der Waals surface area contributed by atoms with Crippen LogP contribution in [0.3, 0.4) is 0 Å². The van der Waals surface area contributed by atoms with Crippen molar-refractivity contribution in [2.75, 3.05) is 13.2 Å². The predicted octanol–water partition coefficient (Wildman–Crippen LogP) is 4.06. The standard InChI is InChI=1S/C27H30N2O5/c30-24(31)14-23(17-10-11-17)29-25(32)27(12-5-13-27)16-28-26(33)34-15-22-20-8-3-1-6-18(20)19-7-2-4-9-21(19)22/h1-4,6-9,17,22-23H,5,10-16H2,(H,28,33)(H,29,32)(H,30,31). The molecule has 1 atom stereocenters. The zero-order valence-corrected chi connectivity index (χ0v) is 19.1. The number of aliphatic carboxylic acids is 1. The molecule has 3 aliphatic rings. The SMILES string of the molecule is O=C(O)CC(NC(=O)C1(CNC(=O)OCC2c3ccccc3-c3ccccc32)CCC1)C1CC1. The van der Waals surface area contributed by atoms with Crippen LogP contribution in [-0.4, -0.2) is 42.3 Å². The van der Waals surface area contributed by atoms with Crippen LogP contribution in [0.25, 0.3) is 11.1 Å². The van der Waals surface area contributed by atoms with Crippen molar-refractivity contribution in [1.29, 1.82) is 0 Å². The van der Waals surface area contributed by atoms with Crippen LogP contribution in [0.1, 0.15) is 55.6 Å². The van der Waals surface area contributed by atoms with Crippen LogP contribution in [0, 0.1) is 11.3 Å². The summed E-state index contributed by atoms with van der Waals surface area (Å²) in [5.74, 6) is -0.839. The Morgan fingerprint density at radius 2 is 1.62 bits per heavy atom. The van der Waals surface area contributed by atoms with E-state index in [1.807, 2.05) is 24.3 Å². The van der Waals surface area contributed by atoms with Crippen molar-refractivity contribution >= 4 is 18.0 Å². The maximum Gasteiger partial charge on any atom is 0.407 e. The molecule has 0 aromatic heterocycles. The number of fused-ring (bicyclic) bond motifs is 3. The Bertz CT molecular complexity index is 1060. The Kier molecular flexibility index (Phi) is 6.02. The number of carbonyl (C=O) groups is 3. The molecule has 0 spiro atoms. The first-order chi connectivity index (χ1) is 16.5. The molecule has 2 aromatic carbocycles. The first-order valence-corrected chi connectivity index (χ1v) is 12.1. The highest BCUT2D eigenvalue weighted by Gasteiger charge is 2.46. The van der Waals surface area contributed by atoms with E-state index >= 15 is 0 Å². The Morgan fingerprint density at radius 3 is 2.15 bits per heavy atom. The summed E-state index contributed by atoms with van der Waals surface area (Å²) in [5, 5.41) is 14.9. The summed E-state index contributed by atoms with van der Waals surface area (Å²) in [4.78, 5) is 36.8. The first kappa shape index (κ1) is 22.4. The third-order valence-corrected chi connectivity index (χ3v) is 7.61. The minimum Gasteiger partial charge on any atom is -0.481 e. The van der Waals surface area contributed by atoms with Crippen molar-refractivity contribution in [2.24, 2.45) is 11.3 Å². The molecule has 178 valence electrons. The van der Waals surface area contributed by atoms with Gasteiger partial charge < -0.3 is 20.5 Å². The van der Waals surface area contributed by atoms with E-state index in [0.717, 1.165) is 30.4 Å². The van der Waals surface area contributed by atoms with Gasteiger partial charge in [0.2, 0.25) is 5.91 Å². The van der Waals surface area contributed by atoms with Crippen LogP contribution < -0.4 is 10.6 Å². The maximum atomic E-state index is 13.0. The number of hydrogen-bond donors (Lipinski definition) is 3. The van der Waals surface area contributed by atoms with Gasteiger partial charge in [0.25, 0.3) is 0 Å². The van der Waals surface area contributed by atoms with Gasteiger partial charge in [-0.1, -0.05) is 55.0 Å². The summed E-state index contributed by atoms with van der Waals surface area (Å²) in [7, 11) is 0. The number of rotatable bonds is 9. The molecule has 5 rings (SSSR count). The lowest BCUT2D eigenvalue weighted by Gasteiger charge is -2.41. The molecule has 0 radical (unpaired) electrons. The van der Waals surface area contributed by atoms with Gasteiger partial charge in [-0.3, -0.25) is 9.59 Å². The highest BCUT2D eigenvalue weighted by molar-refractivity contribution is 5.85. The lowest BCUT2D eigenvalue weighted by Crippen LogP contribution is -2.55. The Balaban J connectivity index is 1.18. The second kappa shape index (κ2) is 9.12. The van der Waals surface area contributed by atoms with Gasteiger partial charge in [0, 0.05) is 18.5 Å². The fourth-order valence-corrected chi connectivity index (χ4v) is 5.32. The molecule has 2 amide bonds. The predicted molar refractivity (Wildman–Crippen MR) is 126 cm³/mol. The Labute approximate surface area is 198 Å². The van der Waals surface area contributed by atoms with Crippen molar-refractivity contribution in [3.8, 4) is 11.1 Å². The lowest BCUT2D eigenvalue weighted by atomic mass is 9.68. The minimum atomic E-state index is -0.906. The number of ether oxygens (including phenoxy) is 1. The second-order valence-corrected chi connectivity index (χ2v) is 9.83. The normalized spacial score (nSPS) is 18.7. The number of hydrogen-bond acceptors (Lipinski definition) is 4. The van der Waals surface area contributed by atoms with E-state index in [1.165, 1.54) is 11.1 Å². The highest BCUT2D eigenvalue weighted by atomic mass is 16.5. The van der Waals surface area contributed by atoms with Crippen molar-refractivity contribution in [2.45, 2.75) is 50.5 Å². The van der Waals surface area contributed by atoms with Gasteiger partial charge >= 0.3 is 12.1 Å². The van der Waals surface area contributed by atoms with Crippen molar-refractivity contribution < 1.29 is 24.2 Å². The first-order valence-electron chi connectivity index (χ1n) is 12.1. The quantitative estimate of drug-likeness (QED) is 0.521. The van der Waals surface area contributed by atoms with Crippen LogP contribution in [0.5, 0.6) is 0 Å². The van der Waals surface area contributed by atoms with Gasteiger partial charge in [0.05, 0.1) is 11.8 Å². The number of benzene rings is 2. The van der Waals surface area contributed by atoms with E-state index in [1.54, 1.807) is 0 Å². The van der Waals surface area contributed by atoms with E-state index in [0.29, 0.717) is 12.8 Å². The molecular formula is C27H30N2O5. The van der Waals surface area contributed by atoms with Gasteiger partial charge in [-0.2, -0.15) is 0 Å². The van der Waals surface area contributed by atoms with Gasteiger partial charge in [-0.25, -0.2) is 4.79 Å². The van der Waals surface area contributed by atoms with E-state index in [9.17, 15) is 19.5 Å². The van der Waals surface area contributed by atoms with Crippen LogP contribution in [-0.2, 0) is 14.3 Å². The van der Waals surface area contributed by atoms with E-state index in [2.05, 4.69) is 34.9 Å². The smallest absolute Gasteiger partial charge is 0.407 e. The number of amides is 2. The van der Waals surface area contributed by atoms with Gasteiger partial charge in [-0.05, 0) is 53.9 Å². The number of alkyl carbamates (subject to hydrolysis) is 1. The maximum absolute atomic E-state index is 13.0. The molecule has 34 heavy (non-hydrogen) atoms. The average Bonchev–Trinajstić information content (AvgIpc) is 3.59. The topological polar surface area (TPSA) is 105 Å². The minimum absolute atomic E-state index is 0.0190. The summed E-state index contributed by atoms with van der Waals surface area (Å²) < 4.78 is 5.61. The zero-order chi connectivity index (χ0) is 23.7. The van der Waals surface area contributed by atoms with Crippen LogP contribution in [0.2, 0.25) is 0 Å². The number of nitrogens with one attached hydrogen (secondary N) is 2. The molecule has 1 unspecified atom stereocenters. The van der Waals surface area contributed by atoms with E-state index in [-0.39, 0.29) is 43.4 Å². The van der Waals surface area contributed by atoms with Crippen LogP contribution in [0.4, 0.5) is 4.79 Å². The summed E-state index contributed by atoms with van der Waals surface area (Å²) >= 11 is 0. The fraction of sp³-hybridized carbons (Fsp3) is 0.444. The number of carboxylic acids is 1. The van der Waals surface area contributed by atoms with Crippen LogP contribution >= 0.6 is 0 Å². The van der Waals surface area contributed by atoms with Crippen molar-refractivity contribution in [3.63, 3.8) is 0 Å². The monoisotopic (exact) mass is 462 g/mol. The summed E-state index contributed by atoms with van der Waals surface area (Å²) in [5.41, 5.74) is 3.95. The molecule has 0 saturated heterocycles. The molecule has 0 heterocycles. The summed E-state index contributed by atoms with van der Waals surface area (Å²) in [6.07, 6.45) is 3.55. The molecule has 7 heteroatoms. The molecule has 2 saturated carbocycles. The van der Waals surface area contributed by atoms with Crippen LogP contribution in [0.15, 0.2) is 48.5 Å². The highest BCUT2D eigenvalue weighted by Crippen LogP contribution is 2.45. The largest absolute Gasteiger partial charge is 0.481 e. The third-order valence-electron chi connectivity index (χ3n) is 7.61. The number of carboxylic acid groups (broad SMARTS) is 1. The van der Waals surface area contributed by atoms with E-state index < -0.39 is 17.5 Å². The fourth-order valence-electron chi connectivity index (χ4n) is 5.32. The van der Waals surface area contributed by atoms with Gasteiger partial charge in [0.1, 0.15) is 6.61 Å². The molecule has 3 N–H and O–H groups in total. The molecule has 7 nitrogen and oxygen atoms in total. The summed E-state index contributed by atoms with van der Waals surface area (Å²) in [6.45, 7) is 0.418. The van der Waals surface area contributed by atoms with Crippen molar-refractivity contribution in [3.05, 3.63) is 59.7 Å². The lowest BCUT2D eigenvalue weighted by molar-refractivity contribution is -0.139. The third kappa shape index (κ3) is 4.39. The van der Waals surface area contributed by atoms with Gasteiger partial charge in [-0.15, -0.1) is 0 Å². The number of carbonyl (C=O) groups excluding carboxylic acids is 2. The average molecular weight is 463 g/mol.